The van der Waals surface area contributed by atoms with Crippen LogP contribution in [0.2, 0.25) is 0 Å². The highest BCUT2D eigenvalue weighted by molar-refractivity contribution is 9.10. The van der Waals surface area contributed by atoms with E-state index in [1.807, 2.05) is 6.07 Å². The Morgan fingerprint density at radius 2 is 1.87 bits per heavy atom. The van der Waals surface area contributed by atoms with E-state index in [9.17, 15) is 0 Å². The zero-order valence-corrected chi connectivity index (χ0v) is 10.2. The standard InChI is InChI=1S/C12H11BrN2/c1-8-3-4-10(9(2)5-8)11-6-12(13)15-7-14-11/h3-7H,1-2H3. The Kier molecular flexibility index (Phi) is 2.82. The molecule has 0 spiro atoms. The van der Waals surface area contributed by atoms with Gasteiger partial charge in [-0.15, -0.1) is 0 Å². The van der Waals surface area contributed by atoms with Gasteiger partial charge in [-0.3, -0.25) is 0 Å². The zero-order chi connectivity index (χ0) is 10.8. The average Bonchev–Trinajstić information content (AvgIpc) is 2.17. The van der Waals surface area contributed by atoms with Crippen molar-refractivity contribution in [1.82, 2.24) is 9.97 Å². The van der Waals surface area contributed by atoms with Gasteiger partial charge in [0.1, 0.15) is 10.9 Å². The molecule has 0 aliphatic carbocycles. The Balaban J connectivity index is 2.54. The van der Waals surface area contributed by atoms with E-state index in [0.717, 1.165) is 15.9 Å². The molecule has 3 heteroatoms. The molecule has 1 aromatic heterocycles. The highest BCUT2D eigenvalue weighted by Crippen LogP contribution is 2.23. The molecule has 1 aromatic carbocycles. The topological polar surface area (TPSA) is 25.8 Å². The Bertz CT molecular complexity index is 495. The van der Waals surface area contributed by atoms with E-state index in [1.54, 1.807) is 6.33 Å². The SMILES string of the molecule is Cc1ccc(-c2cc(Br)ncn2)c(C)c1. The van der Waals surface area contributed by atoms with E-state index in [0.29, 0.717) is 0 Å². The molecule has 15 heavy (non-hydrogen) atoms. The smallest absolute Gasteiger partial charge is 0.117 e. The molecule has 0 amide bonds. The molecule has 0 saturated heterocycles. The minimum absolute atomic E-state index is 0.812. The summed E-state index contributed by atoms with van der Waals surface area (Å²) in [6, 6.07) is 8.28. The number of rotatable bonds is 1. The Labute approximate surface area is 97.5 Å². The van der Waals surface area contributed by atoms with E-state index in [-0.39, 0.29) is 0 Å². The summed E-state index contributed by atoms with van der Waals surface area (Å²) in [7, 11) is 0. The van der Waals surface area contributed by atoms with Crippen LogP contribution < -0.4 is 0 Å². The van der Waals surface area contributed by atoms with Crippen LogP contribution in [0, 0.1) is 13.8 Å². The Morgan fingerprint density at radius 3 is 2.53 bits per heavy atom. The number of aryl methyl sites for hydroxylation is 2. The summed E-state index contributed by atoms with van der Waals surface area (Å²) in [4.78, 5) is 8.28. The predicted octanol–water partition coefficient (Wildman–Crippen LogP) is 3.52. The van der Waals surface area contributed by atoms with Crippen LogP contribution >= 0.6 is 15.9 Å². The summed E-state index contributed by atoms with van der Waals surface area (Å²) in [6.07, 6.45) is 1.57. The van der Waals surface area contributed by atoms with E-state index in [2.05, 4.69) is 57.9 Å². The van der Waals surface area contributed by atoms with Gasteiger partial charge in [0.25, 0.3) is 0 Å². The monoisotopic (exact) mass is 262 g/mol. The first-order chi connectivity index (χ1) is 7.16. The van der Waals surface area contributed by atoms with Crippen molar-refractivity contribution in [1.29, 1.82) is 0 Å². The van der Waals surface area contributed by atoms with Crippen molar-refractivity contribution in [2.45, 2.75) is 13.8 Å². The highest BCUT2D eigenvalue weighted by atomic mass is 79.9. The summed E-state index contributed by atoms with van der Waals surface area (Å²) in [5.74, 6) is 0. The number of aromatic nitrogens is 2. The van der Waals surface area contributed by atoms with Crippen molar-refractivity contribution in [2.75, 3.05) is 0 Å². The number of halogens is 1. The van der Waals surface area contributed by atoms with Crippen LogP contribution in [-0.4, -0.2) is 9.97 Å². The van der Waals surface area contributed by atoms with E-state index >= 15 is 0 Å². The summed E-state index contributed by atoms with van der Waals surface area (Å²) >= 11 is 3.35. The number of benzene rings is 1. The maximum Gasteiger partial charge on any atom is 0.117 e. The minimum atomic E-state index is 0.812. The molecule has 2 aromatic rings. The lowest BCUT2D eigenvalue weighted by atomic mass is 10.0. The van der Waals surface area contributed by atoms with Gasteiger partial charge >= 0.3 is 0 Å². The molecule has 0 saturated carbocycles. The van der Waals surface area contributed by atoms with Crippen molar-refractivity contribution in [3.05, 3.63) is 46.3 Å². The quantitative estimate of drug-likeness (QED) is 0.735. The maximum atomic E-state index is 4.26. The van der Waals surface area contributed by atoms with E-state index < -0.39 is 0 Å². The largest absolute Gasteiger partial charge is 0.236 e. The third-order valence-electron chi connectivity index (χ3n) is 2.29. The van der Waals surface area contributed by atoms with Gasteiger partial charge in [0.2, 0.25) is 0 Å². The Morgan fingerprint density at radius 1 is 1.07 bits per heavy atom. The van der Waals surface area contributed by atoms with Crippen LogP contribution in [0.4, 0.5) is 0 Å². The van der Waals surface area contributed by atoms with Crippen molar-refractivity contribution in [3.8, 4) is 11.3 Å². The van der Waals surface area contributed by atoms with E-state index in [1.165, 1.54) is 11.1 Å². The predicted molar refractivity (Wildman–Crippen MR) is 64.6 cm³/mol. The van der Waals surface area contributed by atoms with Gasteiger partial charge in [-0.1, -0.05) is 23.8 Å². The van der Waals surface area contributed by atoms with Gasteiger partial charge in [0.15, 0.2) is 0 Å². The molecule has 2 rings (SSSR count). The second-order valence-electron chi connectivity index (χ2n) is 3.54. The lowest BCUT2D eigenvalue weighted by Gasteiger charge is -2.05. The molecule has 0 aliphatic heterocycles. The summed E-state index contributed by atoms with van der Waals surface area (Å²) < 4.78 is 0.812. The third-order valence-corrected chi connectivity index (χ3v) is 2.73. The van der Waals surface area contributed by atoms with Crippen LogP contribution in [-0.2, 0) is 0 Å². The van der Waals surface area contributed by atoms with Crippen molar-refractivity contribution in [2.24, 2.45) is 0 Å². The summed E-state index contributed by atoms with van der Waals surface area (Å²) in [5, 5.41) is 0. The first-order valence-corrected chi connectivity index (χ1v) is 5.51. The molecular weight excluding hydrogens is 252 g/mol. The van der Waals surface area contributed by atoms with Crippen molar-refractivity contribution in [3.63, 3.8) is 0 Å². The highest BCUT2D eigenvalue weighted by Gasteiger charge is 2.03. The number of hydrogen-bond acceptors (Lipinski definition) is 2. The normalized spacial score (nSPS) is 10.3. The van der Waals surface area contributed by atoms with Crippen LogP contribution in [0.1, 0.15) is 11.1 Å². The fraction of sp³-hybridized carbons (Fsp3) is 0.167. The molecule has 0 atom stereocenters. The molecule has 1 heterocycles. The zero-order valence-electron chi connectivity index (χ0n) is 8.66. The summed E-state index contributed by atoms with van der Waals surface area (Å²) in [6.45, 7) is 4.19. The lowest BCUT2D eigenvalue weighted by Crippen LogP contribution is -1.89. The molecular formula is C12H11BrN2. The van der Waals surface area contributed by atoms with Crippen LogP contribution in [0.3, 0.4) is 0 Å². The third kappa shape index (κ3) is 2.23. The molecule has 0 radical (unpaired) electrons. The molecule has 0 N–H and O–H groups in total. The van der Waals surface area contributed by atoms with Crippen molar-refractivity contribution >= 4 is 15.9 Å². The fourth-order valence-corrected chi connectivity index (χ4v) is 1.89. The van der Waals surface area contributed by atoms with Gasteiger partial charge in [-0.05, 0) is 41.4 Å². The molecule has 0 unspecified atom stereocenters. The van der Waals surface area contributed by atoms with Gasteiger partial charge in [0.05, 0.1) is 5.69 Å². The average molecular weight is 263 g/mol. The molecule has 76 valence electrons. The fourth-order valence-electron chi connectivity index (χ4n) is 1.58. The molecule has 0 bridgehead atoms. The van der Waals surface area contributed by atoms with Crippen LogP contribution in [0.25, 0.3) is 11.3 Å². The second kappa shape index (κ2) is 4.11. The van der Waals surface area contributed by atoms with Gasteiger partial charge in [0, 0.05) is 5.56 Å². The van der Waals surface area contributed by atoms with Gasteiger partial charge in [-0.2, -0.15) is 0 Å². The van der Waals surface area contributed by atoms with Crippen LogP contribution in [0.15, 0.2) is 35.2 Å². The van der Waals surface area contributed by atoms with E-state index in [4.69, 9.17) is 0 Å². The van der Waals surface area contributed by atoms with Gasteiger partial charge in [-0.25, -0.2) is 9.97 Å². The number of nitrogens with zero attached hydrogens (tertiary/aromatic N) is 2. The first kappa shape index (κ1) is 10.3. The minimum Gasteiger partial charge on any atom is -0.236 e. The summed E-state index contributed by atoms with van der Waals surface area (Å²) in [5.41, 5.74) is 4.61. The first-order valence-electron chi connectivity index (χ1n) is 4.72. The number of hydrogen-bond donors (Lipinski definition) is 0. The second-order valence-corrected chi connectivity index (χ2v) is 4.36. The Hall–Kier alpha value is -1.22. The van der Waals surface area contributed by atoms with Gasteiger partial charge < -0.3 is 0 Å². The maximum absolute atomic E-state index is 4.26. The van der Waals surface area contributed by atoms with Crippen LogP contribution in [0.5, 0.6) is 0 Å². The lowest BCUT2D eigenvalue weighted by molar-refractivity contribution is 1.14. The molecule has 2 nitrogen and oxygen atoms in total. The van der Waals surface area contributed by atoms with Crippen molar-refractivity contribution < 1.29 is 0 Å². The molecule has 0 aliphatic rings. The molecule has 0 fully saturated rings.